The Hall–Kier alpha value is -3.36. The Bertz CT molecular complexity index is 1200. The number of nitrogens with one attached hydrogen (secondary N) is 2. The summed E-state index contributed by atoms with van der Waals surface area (Å²) in [7, 11) is 2.15. The molecule has 3 aromatic rings. The fraction of sp³-hybridized carbons (Fsp3) is 0.240. The van der Waals surface area contributed by atoms with Crippen LogP contribution in [0, 0.1) is 5.41 Å². The van der Waals surface area contributed by atoms with Gasteiger partial charge in [0.2, 0.25) is 0 Å². The largest absolute Gasteiger partial charge is 0.404 e. The molecule has 0 atom stereocenters. The van der Waals surface area contributed by atoms with Crippen molar-refractivity contribution in [2.75, 3.05) is 49.7 Å². The maximum absolute atomic E-state index is 7.56. The zero-order chi connectivity index (χ0) is 23.2. The fourth-order valence-electron chi connectivity index (χ4n) is 3.84. The highest BCUT2D eigenvalue weighted by Crippen LogP contribution is 2.26. The molecule has 8 heteroatoms. The number of nitrogens with zero attached hydrogens (tertiary/aromatic N) is 4. The summed E-state index contributed by atoms with van der Waals surface area (Å²) in [5, 5.41) is 15.2. The molecule has 4 rings (SSSR count). The lowest BCUT2D eigenvalue weighted by Gasteiger charge is -2.33. The molecular weight excluding hydrogens is 430 g/mol. The van der Waals surface area contributed by atoms with Gasteiger partial charge in [-0.25, -0.2) is 9.97 Å². The summed E-state index contributed by atoms with van der Waals surface area (Å²) in [4.78, 5) is 13.9. The van der Waals surface area contributed by atoms with Crippen LogP contribution in [0.2, 0.25) is 0 Å². The number of likely N-dealkylation sites (N-methyl/N-ethyl adjacent to an activating group) is 1. The van der Waals surface area contributed by atoms with Gasteiger partial charge < -0.3 is 26.3 Å². The molecule has 1 fully saturated rings. The zero-order valence-corrected chi connectivity index (χ0v) is 19.8. The van der Waals surface area contributed by atoms with Crippen molar-refractivity contribution in [2.45, 2.75) is 0 Å². The van der Waals surface area contributed by atoms with Gasteiger partial charge in [-0.15, -0.1) is 11.8 Å². The van der Waals surface area contributed by atoms with Crippen LogP contribution in [0.5, 0.6) is 0 Å². The standard InChI is InChI=1S/C25H29N7S/c1-31-7-9-32(10-8-31)25-13-19(5-6-28-25)23(17-33-2)30-24-12-21-11-18(22(14-26)15-27)3-4-20(21)16-29-24/h3-6,11-17,26H,7-10,27H2,1-2H3,(H,29,30)/b22-15+,23-17+,26-14?. The Morgan fingerprint density at radius 2 is 1.88 bits per heavy atom. The summed E-state index contributed by atoms with van der Waals surface area (Å²) in [6.45, 7) is 4.04. The van der Waals surface area contributed by atoms with Crippen LogP contribution in [0.3, 0.4) is 0 Å². The molecule has 1 aliphatic rings. The lowest BCUT2D eigenvalue weighted by Crippen LogP contribution is -2.44. The van der Waals surface area contributed by atoms with Crippen LogP contribution in [-0.4, -0.2) is 60.6 Å². The molecule has 1 aliphatic heterocycles. The third kappa shape index (κ3) is 5.35. The smallest absolute Gasteiger partial charge is 0.130 e. The quantitative estimate of drug-likeness (QED) is 0.458. The van der Waals surface area contributed by atoms with Crippen LogP contribution in [-0.2, 0) is 0 Å². The summed E-state index contributed by atoms with van der Waals surface area (Å²) in [5.74, 6) is 1.75. The number of allylic oxidation sites excluding steroid dienone is 1. The van der Waals surface area contributed by atoms with Crippen LogP contribution in [0.4, 0.5) is 11.6 Å². The topological polar surface area (TPSA) is 94.2 Å². The molecule has 0 radical (unpaired) electrons. The second-order valence-corrected chi connectivity index (χ2v) is 8.69. The lowest BCUT2D eigenvalue weighted by molar-refractivity contribution is 0.312. The second kappa shape index (κ2) is 10.5. The van der Waals surface area contributed by atoms with Gasteiger partial charge in [-0.05, 0) is 53.9 Å². The first-order valence-electron chi connectivity index (χ1n) is 10.8. The predicted molar refractivity (Wildman–Crippen MR) is 142 cm³/mol. The first-order chi connectivity index (χ1) is 16.1. The SMILES string of the molecule is CS/C=C(/Nc1cc2cc(/C(C=N)=C/N)ccc2cn1)c1ccnc(N2CCN(C)CC2)c1. The van der Waals surface area contributed by atoms with Crippen molar-refractivity contribution in [1.29, 1.82) is 5.41 Å². The molecule has 0 spiro atoms. The molecule has 0 aliphatic carbocycles. The van der Waals surface area contributed by atoms with E-state index in [-0.39, 0.29) is 0 Å². The molecule has 3 heterocycles. The number of aromatic nitrogens is 2. The minimum Gasteiger partial charge on any atom is -0.404 e. The Kier molecular flexibility index (Phi) is 7.26. The summed E-state index contributed by atoms with van der Waals surface area (Å²) >= 11 is 1.64. The van der Waals surface area contributed by atoms with Gasteiger partial charge in [-0.2, -0.15) is 0 Å². The molecule has 0 amide bonds. The third-order valence-corrected chi connectivity index (χ3v) is 6.24. The van der Waals surface area contributed by atoms with E-state index in [4.69, 9.17) is 11.1 Å². The minimum atomic E-state index is 0.680. The van der Waals surface area contributed by atoms with E-state index in [2.05, 4.69) is 43.6 Å². The van der Waals surface area contributed by atoms with Crippen molar-refractivity contribution in [3.05, 3.63) is 71.5 Å². The highest BCUT2D eigenvalue weighted by molar-refractivity contribution is 8.01. The normalized spacial score (nSPS) is 15.6. The van der Waals surface area contributed by atoms with E-state index in [0.717, 1.165) is 65.4 Å². The van der Waals surface area contributed by atoms with E-state index in [0.29, 0.717) is 5.57 Å². The van der Waals surface area contributed by atoms with Gasteiger partial charge in [0.25, 0.3) is 0 Å². The fourth-order valence-corrected chi connectivity index (χ4v) is 4.27. The first-order valence-corrected chi connectivity index (χ1v) is 12.1. The molecule has 170 valence electrons. The Morgan fingerprint density at radius 3 is 2.61 bits per heavy atom. The summed E-state index contributed by atoms with van der Waals surface area (Å²) in [5.41, 5.74) is 9.30. The maximum Gasteiger partial charge on any atom is 0.130 e. The minimum absolute atomic E-state index is 0.680. The number of pyridine rings is 2. The van der Waals surface area contributed by atoms with Gasteiger partial charge in [0.05, 0.1) is 5.70 Å². The number of nitrogens with two attached hydrogens (primary N) is 1. The number of hydrogen-bond donors (Lipinski definition) is 3. The van der Waals surface area contributed by atoms with E-state index in [1.54, 1.807) is 11.8 Å². The predicted octanol–water partition coefficient (Wildman–Crippen LogP) is 4.10. The number of piperazine rings is 1. The zero-order valence-electron chi connectivity index (χ0n) is 19.0. The Labute approximate surface area is 198 Å². The van der Waals surface area contributed by atoms with Crippen molar-refractivity contribution in [3.63, 3.8) is 0 Å². The molecule has 0 bridgehead atoms. The highest BCUT2D eigenvalue weighted by Gasteiger charge is 2.16. The Morgan fingerprint density at radius 1 is 1.06 bits per heavy atom. The number of fused-ring (bicyclic) bond motifs is 1. The summed E-state index contributed by atoms with van der Waals surface area (Å²) in [6.07, 6.45) is 8.49. The average molecular weight is 460 g/mol. The van der Waals surface area contributed by atoms with Crippen molar-refractivity contribution in [3.8, 4) is 0 Å². The molecule has 33 heavy (non-hydrogen) atoms. The lowest BCUT2D eigenvalue weighted by atomic mass is 10.0. The monoisotopic (exact) mass is 459 g/mol. The van der Waals surface area contributed by atoms with Gasteiger partial charge in [0.1, 0.15) is 11.6 Å². The van der Waals surface area contributed by atoms with Gasteiger partial charge in [-0.1, -0.05) is 12.1 Å². The average Bonchev–Trinajstić information content (AvgIpc) is 2.85. The van der Waals surface area contributed by atoms with Crippen molar-refractivity contribution in [2.24, 2.45) is 5.73 Å². The van der Waals surface area contributed by atoms with Gasteiger partial charge in [0.15, 0.2) is 0 Å². The van der Waals surface area contributed by atoms with E-state index in [9.17, 15) is 0 Å². The Balaban J connectivity index is 1.61. The van der Waals surface area contributed by atoms with E-state index in [1.807, 2.05) is 49.0 Å². The van der Waals surface area contributed by atoms with Gasteiger partial charge in [-0.3, -0.25) is 0 Å². The number of hydrogen-bond acceptors (Lipinski definition) is 8. The van der Waals surface area contributed by atoms with Crippen molar-refractivity contribution in [1.82, 2.24) is 14.9 Å². The maximum atomic E-state index is 7.56. The third-order valence-electron chi connectivity index (χ3n) is 5.77. The van der Waals surface area contributed by atoms with E-state index < -0.39 is 0 Å². The molecule has 1 saturated heterocycles. The first kappa shape index (κ1) is 22.8. The van der Waals surface area contributed by atoms with Crippen LogP contribution < -0.4 is 16.0 Å². The van der Waals surface area contributed by atoms with Crippen molar-refractivity contribution < 1.29 is 0 Å². The number of anilines is 2. The summed E-state index contributed by atoms with van der Waals surface area (Å²) < 4.78 is 0. The van der Waals surface area contributed by atoms with E-state index in [1.165, 1.54) is 12.4 Å². The van der Waals surface area contributed by atoms with Crippen LogP contribution in [0.15, 0.2) is 60.4 Å². The van der Waals surface area contributed by atoms with Crippen LogP contribution in [0.25, 0.3) is 22.0 Å². The van der Waals surface area contributed by atoms with Gasteiger partial charge in [0, 0.05) is 67.5 Å². The molecule has 0 saturated carbocycles. The molecule has 4 N–H and O–H groups in total. The van der Waals surface area contributed by atoms with Crippen molar-refractivity contribution >= 4 is 51.7 Å². The van der Waals surface area contributed by atoms with Gasteiger partial charge >= 0.3 is 0 Å². The summed E-state index contributed by atoms with van der Waals surface area (Å²) in [6, 6.07) is 12.2. The van der Waals surface area contributed by atoms with E-state index >= 15 is 0 Å². The van der Waals surface area contributed by atoms with Crippen LogP contribution in [0.1, 0.15) is 11.1 Å². The number of benzene rings is 1. The molecule has 2 aromatic heterocycles. The van der Waals surface area contributed by atoms with Crippen LogP contribution >= 0.6 is 11.8 Å². The highest BCUT2D eigenvalue weighted by atomic mass is 32.2. The second-order valence-electron chi connectivity index (χ2n) is 7.98. The molecule has 0 unspecified atom stereocenters. The number of rotatable bonds is 7. The molecule has 7 nitrogen and oxygen atoms in total. The molecular formula is C25H29N7S. The molecule has 1 aromatic carbocycles. The number of thioether (sulfide) groups is 1.